The van der Waals surface area contributed by atoms with E-state index in [9.17, 15) is 4.79 Å². The summed E-state index contributed by atoms with van der Waals surface area (Å²) in [5, 5.41) is 0. The molecule has 1 aromatic carbocycles. The third-order valence-electron chi connectivity index (χ3n) is 4.14. The van der Waals surface area contributed by atoms with Crippen LogP contribution in [0.2, 0.25) is 0 Å². The number of hydrogen-bond acceptors (Lipinski definition) is 3. The van der Waals surface area contributed by atoms with Gasteiger partial charge in [-0.3, -0.25) is 4.79 Å². The molecule has 1 heterocycles. The number of nitrogens with zero attached hydrogens (tertiary/aromatic N) is 1. The number of carbonyl (C=O) groups is 1. The second-order valence-corrected chi connectivity index (χ2v) is 5.75. The van der Waals surface area contributed by atoms with Crippen molar-refractivity contribution in [3.05, 3.63) is 35.4 Å². The highest BCUT2D eigenvalue weighted by Crippen LogP contribution is 2.31. The first-order chi connectivity index (χ1) is 9.57. The quantitative estimate of drug-likeness (QED) is 0.926. The van der Waals surface area contributed by atoms with Crippen LogP contribution in [0.5, 0.6) is 0 Å². The maximum atomic E-state index is 12.7. The van der Waals surface area contributed by atoms with E-state index in [0.717, 1.165) is 18.4 Å². The maximum absolute atomic E-state index is 12.7. The molecule has 2 N–H and O–H groups in total. The summed E-state index contributed by atoms with van der Waals surface area (Å²) in [4.78, 5) is 14.5. The molecule has 0 unspecified atom stereocenters. The van der Waals surface area contributed by atoms with Gasteiger partial charge in [0.25, 0.3) is 0 Å². The van der Waals surface area contributed by atoms with E-state index in [1.165, 1.54) is 5.56 Å². The minimum Gasteiger partial charge on any atom is -0.381 e. The summed E-state index contributed by atoms with van der Waals surface area (Å²) >= 11 is 0. The van der Waals surface area contributed by atoms with E-state index in [0.29, 0.717) is 26.3 Å². The normalized spacial score (nSPS) is 16.9. The lowest BCUT2D eigenvalue weighted by Crippen LogP contribution is -2.49. The Morgan fingerprint density at radius 1 is 1.38 bits per heavy atom. The van der Waals surface area contributed by atoms with Gasteiger partial charge in [-0.2, -0.15) is 0 Å². The number of aryl methyl sites for hydroxylation is 1. The van der Waals surface area contributed by atoms with Crippen molar-refractivity contribution in [2.75, 3.05) is 26.8 Å². The summed E-state index contributed by atoms with van der Waals surface area (Å²) < 4.78 is 5.36. The van der Waals surface area contributed by atoms with E-state index in [-0.39, 0.29) is 18.3 Å². The molecule has 1 aliphatic rings. The lowest BCUT2D eigenvalue weighted by Gasteiger charge is -2.37. The first kappa shape index (κ1) is 18.0. The third-order valence-corrected chi connectivity index (χ3v) is 4.14. The molecule has 1 aliphatic heterocycles. The van der Waals surface area contributed by atoms with Crippen LogP contribution in [-0.2, 0) is 16.1 Å². The van der Waals surface area contributed by atoms with Gasteiger partial charge in [-0.25, -0.2) is 0 Å². The van der Waals surface area contributed by atoms with Gasteiger partial charge in [-0.05, 0) is 25.3 Å². The van der Waals surface area contributed by atoms with Gasteiger partial charge in [0.2, 0.25) is 5.91 Å². The predicted octanol–water partition coefficient (Wildman–Crippen LogP) is 2.13. The first-order valence-electron chi connectivity index (χ1n) is 7.16. The minimum atomic E-state index is -0.434. The number of ether oxygens (including phenoxy) is 1. The molecule has 5 heteroatoms. The van der Waals surface area contributed by atoms with Crippen LogP contribution >= 0.6 is 12.4 Å². The molecule has 21 heavy (non-hydrogen) atoms. The summed E-state index contributed by atoms with van der Waals surface area (Å²) in [5.74, 6) is 0.143. The molecular weight excluding hydrogens is 288 g/mol. The average Bonchev–Trinajstić information content (AvgIpc) is 2.47. The molecule has 0 radical (unpaired) electrons. The lowest BCUT2D eigenvalue weighted by atomic mass is 9.79. The van der Waals surface area contributed by atoms with E-state index < -0.39 is 5.41 Å². The van der Waals surface area contributed by atoms with E-state index >= 15 is 0 Å². The van der Waals surface area contributed by atoms with Gasteiger partial charge in [0.05, 0.1) is 5.41 Å². The van der Waals surface area contributed by atoms with E-state index in [4.69, 9.17) is 10.5 Å². The Hall–Kier alpha value is -1.10. The molecule has 0 atom stereocenters. The zero-order valence-corrected chi connectivity index (χ0v) is 13.6. The molecule has 0 saturated carbocycles. The molecule has 0 aromatic heterocycles. The van der Waals surface area contributed by atoms with Gasteiger partial charge in [-0.1, -0.05) is 29.8 Å². The van der Waals surface area contributed by atoms with Crippen molar-refractivity contribution in [1.82, 2.24) is 4.90 Å². The van der Waals surface area contributed by atoms with Gasteiger partial charge in [0.15, 0.2) is 0 Å². The second kappa shape index (κ2) is 7.78. The smallest absolute Gasteiger partial charge is 0.230 e. The minimum absolute atomic E-state index is 0. The van der Waals surface area contributed by atoms with Crippen LogP contribution < -0.4 is 5.73 Å². The van der Waals surface area contributed by atoms with Crippen LogP contribution in [-0.4, -0.2) is 37.6 Å². The summed E-state index contributed by atoms with van der Waals surface area (Å²) in [5.41, 5.74) is 7.82. The van der Waals surface area contributed by atoms with Crippen molar-refractivity contribution in [1.29, 1.82) is 0 Å². The van der Waals surface area contributed by atoms with Crippen molar-refractivity contribution in [3.8, 4) is 0 Å². The molecule has 1 aromatic rings. The SMILES string of the molecule is Cc1cccc(CN(C)C(=O)C2(CN)CCOCC2)c1.Cl. The third kappa shape index (κ3) is 4.19. The summed E-state index contributed by atoms with van der Waals surface area (Å²) in [6.45, 7) is 4.34. The zero-order valence-electron chi connectivity index (χ0n) is 12.8. The van der Waals surface area contributed by atoms with Gasteiger partial charge >= 0.3 is 0 Å². The molecule has 4 nitrogen and oxygen atoms in total. The van der Waals surface area contributed by atoms with Crippen molar-refractivity contribution in [2.45, 2.75) is 26.3 Å². The molecule has 0 bridgehead atoms. The average molecular weight is 313 g/mol. The number of rotatable bonds is 4. The van der Waals surface area contributed by atoms with Gasteiger partial charge < -0.3 is 15.4 Å². The Labute approximate surface area is 133 Å². The second-order valence-electron chi connectivity index (χ2n) is 5.75. The van der Waals surface area contributed by atoms with Crippen LogP contribution in [0.3, 0.4) is 0 Å². The topological polar surface area (TPSA) is 55.6 Å². The van der Waals surface area contributed by atoms with Gasteiger partial charge in [0.1, 0.15) is 0 Å². The fraction of sp³-hybridized carbons (Fsp3) is 0.562. The van der Waals surface area contributed by atoms with Crippen molar-refractivity contribution in [3.63, 3.8) is 0 Å². The van der Waals surface area contributed by atoms with Crippen LogP contribution in [0.4, 0.5) is 0 Å². The molecule has 118 valence electrons. The molecule has 2 rings (SSSR count). The number of hydrogen-bond donors (Lipinski definition) is 1. The molecular formula is C16H25ClN2O2. The Bertz CT molecular complexity index is 473. The van der Waals surface area contributed by atoms with E-state index in [2.05, 4.69) is 25.1 Å². The standard InChI is InChI=1S/C16H24N2O2.ClH/c1-13-4-3-5-14(10-13)11-18(2)15(19)16(12-17)6-8-20-9-7-16;/h3-5,10H,6-9,11-12,17H2,1-2H3;1H. The highest BCUT2D eigenvalue weighted by Gasteiger charge is 2.40. The summed E-state index contributed by atoms with van der Waals surface area (Å²) in [7, 11) is 1.86. The summed E-state index contributed by atoms with van der Waals surface area (Å²) in [6, 6.07) is 8.25. The lowest BCUT2D eigenvalue weighted by molar-refractivity contribution is -0.146. The van der Waals surface area contributed by atoms with Crippen LogP contribution in [0.25, 0.3) is 0 Å². The van der Waals surface area contributed by atoms with Crippen LogP contribution in [0.15, 0.2) is 24.3 Å². The number of nitrogens with two attached hydrogens (primary N) is 1. The molecule has 1 saturated heterocycles. The molecule has 0 aliphatic carbocycles. The number of benzene rings is 1. The fourth-order valence-electron chi connectivity index (χ4n) is 2.83. The predicted molar refractivity (Wildman–Crippen MR) is 86.4 cm³/mol. The largest absolute Gasteiger partial charge is 0.381 e. The Morgan fingerprint density at radius 2 is 2.05 bits per heavy atom. The molecule has 1 fully saturated rings. The number of halogens is 1. The maximum Gasteiger partial charge on any atom is 0.230 e. The Kier molecular flexibility index (Phi) is 6.65. The highest BCUT2D eigenvalue weighted by molar-refractivity contribution is 5.85. The first-order valence-corrected chi connectivity index (χ1v) is 7.16. The number of carbonyl (C=O) groups excluding carboxylic acids is 1. The van der Waals surface area contributed by atoms with E-state index in [1.807, 2.05) is 13.1 Å². The van der Waals surface area contributed by atoms with Crippen molar-refractivity contribution < 1.29 is 9.53 Å². The van der Waals surface area contributed by atoms with Crippen molar-refractivity contribution in [2.24, 2.45) is 11.1 Å². The van der Waals surface area contributed by atoms with E-state index in [1.54, 1.807) is 4.90 Å². The number of amides is 1. The summed E-state index contributed by atoms with van der Waals surface area (Å²) in [6.07, 6.45) is 1.45. The zero-order chi connectivity index (χ0) is 14.6. The van der Waals surface area contributed by atoms with Crippen molar-refractivity contribution >= 4 is 18.3 Å². The Morgan fingerprint density at radius 3 is 2.62 bits per heavy atom. The molecule has 1 amide bonds. The monoisotopic (exact) mass is 312 g/mol. The highest BCUT2D eigenvalue weighted by atomic mass is 35.5. The van der Waals surface area contributed by atoms with Gasteiger partial charge in [0, 0.05) is 33.4 Å². The van der Waals surface area contributed by atoms with Gasteiger partial charge in [-0.15, -0.1) is 12.4 Å². The Balaban J connectivity index is 0.00000220. The van der Waals surface area contributed by atoms with Crippen LogP contribution in [0.1, 0.15) is 24.0 Å². The van der Waals surface area contributed by atoms with Crippen LogP contribution in [0, 0.1) is 12.3 Å². The molecule has 0 spiro atoms. The fourth-order valence-corrected chi connectivity index (χ4v) is 2.83.